The minimum atomic E-state index is -0.477. The fraction of sp³-hybridized carbons (Fsp3) is 0. The van der Waals surface area contributed by atoms with Crippen molar-refractivity contribution in [2.75, 3.05) is 10.6 Å². The van der Waals surface area contributed by atoms with Crippen LogP contribution in [0, 0.1) is 0 Å². The highest BCUT2D eigenvalue weighted by Crippen LogP contribution is 2.25. The van der Waals surface area contributed by atoms with Crippen LogP contribution >= 0.6 is 35.4 Å². The van der Waals surface area contributed by atoms with Crippen LogP contribution in [0.4, 0.5) is 11.4 Å². The summed E-state index contributed by atoms with van der Waals surface area (Å²) in [7, 11) is 0. The quantitative estimate of drug-likeness (QED) is 0.742. The number of nitrogens with two attached hydrogens (primary N) is 1. The Morgan fingerprint density at radius 3 is 2.29 bits per heavy atom. The van der Waals surface area contributed by atoms with E-state index in [2.05, 4.69) is 10.6 Å². The van der Waals surface area contributed by atoms with E-state index in [4.69, 9.17) is 41.2 Å². The minimum absolute atomic E-state index is 0.367. The number of amides is 1. The summed E-state index contributed by atoms with van der Waals surface area (Å²) in [4.78, 5) is 11.0. The fourth-order valence-electron chi connectivity index (χ4n) is 1.59. The van der Waals surface area contributed by atoms with E-state index in [0.29, 0.717) is 26.4 Å². The first-order chi connectivity index (χ1) is 9.95. The largest absolute Gasteiger partial charge is 0.366 e. The van der Waals surface area contributed by atoms with Crippen molar-refractivity contribution in [2.24, 2.45) is 5.73 Å². The van der Waals surface area contributed by atoms with Crippen molar-refractivity contribution < 1.29 is 4.79 Å². The summed E-state index contributed by atoms with van der Waals surface area (Å²) in [5.74, 6) is -0.477. The molecule has 0 bridgehead atoms. The molecule has 0 aliphatic heterocycles. The van der Waals surface area contributed by atoms with Gasteiger partial charge in [-0.1, -0.05) is 23.2 Å². The molecule has 0 aliphatic carbocycles. The third kappa shape index (κ3) is 4.32. The predicted octanol–water partition coefficient (Wildman–Crippen LogP) is 3.90. The lowest BCUT2D eigenvalue weighted by molar-refractivity contribution is 0.100. The number of thiocarbonyl (C=S) groups is 1. The zero-order valence-corrected chi connectivity index (χ0v) is 13.0. The number of primary amides is 1. The van der Waals surface area contributed by atoms with Crippen molar-refractivity contribution in [2.45, 2.75) is 0 Å². The van der Waals surface area contributed by atoms with Gasteiger partial charge in [-0.3, -0.25) is 4.79 Å². The average molecular weight is 340 g/mol. The van der Waals surface area contributed by atoms with E-state index >= 15 is 0 Å². The van der Waals surface area contributed by atoms with Gasteiger partial charge >= 0.3 is 0 Å². The normalized spacial score (nSPS) is 10.0. The van der Waals surface area contributed by atoms with E-state index in [9.17, 15) is 4.79 Å². The summed E-state index contributed by atoms with van der Waals surface area (Å²) in [5, 5.41) is 7.32. The van der Waals surface area contributed by atoms with Crippen molar-refractivity contribution in [1.82, 2.24) is 0 Å². The average Bonchev–Trinajstić information content (AvgIpc) is 2.42. The van der Waals surface area contributed by atoms with Crippen LogP contribution in [0.2, 0.25) is 10.0 Å². The molecule has 2 aromatic carbocycles. The molecule has 0 saturated carbocycles. The lowest BCUT2D eigenvalue weighted by Crippen LogP contribution is -2.19. The topological polar surface area (TPSA) is 67.2 Å². The summed E-state index contributed by atoms with van der Waals surface area (Å²) >= 11 is 17.1. The molecule has 0 unspecified atom stereocenters. The van der Waals surface area contributed by atoms with Gasteiger partial charge < -0.3 is 16.4 Å². The van der Waals surface area contributed by atoms with Crippen LogP contribution in [0.5, 0.6) is 0 Å². The number of carbonyl (C=O) groups is 1. The van der Waals surface area contributed by atoms with Crippen molar-refractivity contribution in [3.63, 3.8) is 0 Å². The number of hydrogen-bond donors (Lipinski definition) is 3. The second-order valence-electron chi connectivity index (χ2n) is 4.14. The zero-order chi connectivity index (χ0) is 15.4. The first-order valence-electron chi connectivity index (χ1n) is 5.88. The summed E-state index contributed by atoms with van der Waals surface area (Å²) in [5.41, 5.74) is 6.97. The highest BCUT2D eigenvalue weighted by atomic mass is 35.5. The van der Waals surface area contributed by atoms with Gasteiger partial charge in [0.2, 0.25) is 5.91 Å². The predicted molar refractivity (Wildman–Crippen MR) is 91.3 cm³/mol. The number of rotatable bonds is 3. The Morgan fingerprint density at radius 2 is 1.71 bits per heavy atom. The second kappa shape index (κ2) is 6.76. The monoisotopic (exact) mass is 339 g/mol. The van der Waals surface area contributed by atoms with E-state index < -0.39 is 5.91 Å². The molecule has 4 N–H and O–H groups in total. The van der Waals surface area contributed by atoms with E-state index in [1.807, 2.05) is 0 Å². The standard InChI is InChI=1S/C14H11Cl2N3OS/c15-9-3-6-12(11(16)7-9)19-14(21)18-10-4-1-8(2-5-10)13(17)20/h1-7H,(H2,17,20)(H2,18,19,21). The molecule has 0 aliphatic rings. The Kier molecular flexibility index (Phi) is 5.01. The SMILES string of the molecule is NC(=O)c1ccc(NC(=S)Nc2ccc(Cl)cc2Cl)cc1. The van der Waals surface area contributed by atoms with Crippen LogP contribution < -0.4 is 16.4 Å². The summed E-state index contributed by atoms with van der Waals surface area (Å²) < 4.78 is 0. The highest BCUT2D eigenvalue weighted by Gasteiger charge is 2.05. The highest BCUT2D eigenvalue weighted by molar-refractivity contribution is 7.80. The number of nitrogens with one attached hydrogen (secondary N) is 2. The number of carbonyl (C=O) groups excluding carboxylic acids is 1. The van der Waals surface area contributed by atoms with Crippen molar-refractivity contribution in [3.05, 3.63) is 58.1 Å². The number of hydrogen-bond acceptors (Lipinski definition) is 2. The Hall–Kier alpha value is -1.82. The molecule has 21 heavy (non-hydrogen) atoms. The zero-order valence-electron chi connectivity index (χ0n) is 10.7. The Bertz CT molecular complexity index is 689. The van der Waals surface area contributed by atoms with Gasteiger partial charge in [0.1, 0.15) is 0 Å². The van der Waals surface area contributed by atoms with Gasteiger partial charge in [0.05, 0.1) is 10.7 Å². The summed E-state index contributed by atoms with van der Waals surface area (Å²) in [6.07, 6.45) is 0. The molecule has 0 heterocycles. The maximum atomic E-state index is 11.0. The molecule has 0 radical (unpaired) electrons. The van der Waals surface area contributed by atoms with Gasteiger partial charge in [-0.2, -0.15) is 0 Å². The van der Waals surface area contributed by atoms with Crippen molar-refractivity contribution in [3.8, 4) is 0 Å². The Labute approximate surface area is 137 Å². The van der Waals surface area contributed by atoms with Gasteiger partial charge in [-0.25, -0.2) is 0 Å². The van der Waals surface area contributed by atoms with Crippen LogP contribution in [-0.2, 0) is 0 Å². The molecule has 0 aromatic heterocycles. The molecule has 108 valence electrons. The molecule has 2 aromatic rings. The minimum Gasteiger partial charge on any atom is -0.366 e. The molecule has 2 rings (SSSR count). The molecular formula is C14H11Cl2N3OS. The lowest BCUT2D eigenvalue weighted by Gasteiger charge is -2.12. The maximum absolute atomic E-state index is 11.0. The van der Waals surface area contributed by atoms with Crippen LogP contribution in [0.15, 0.2) is 42.5 Å². The Balaban J connectivity index is 2.02. The third-order valence-corrected chi connectivity index (χ3v) is 3.36. The van der Waals surface area contributed by atoms with Gasteiger partial charge in [0.15, 0.2) is 5.11 Å². The van der Waals surface area contributed by atoms with Gasteiger partial charge in [-0.15, -0.1) is 0 Å². The van der Waals surface area contributed by atoms with E-state index in [0.717, 1.165) is 5.69 Å². The molecule has 1 amide bonds. The lowest BCUT2D eigenvalue weighted by atomic mass is 10.2. The fourth-order valence-corrected chi connectivity index (χ4v) is 2.28. The van der Waals surface area contributed by atoms with Crippen molar-refractivity contribution >= 4 is 57.8 Å². The van der Waals surface area contributed by atoms with Gasteiger partial charge in [-0.05, 0) is 54.7 Å². The molecule has 0 spiro atoms. The van der Waals surface area contributed by atoms with Gasteiger partial charge in [0, 0.05) is 16.3 Å². The summed E-state index contributed by atoms with van der Waals surface area (Å²) in [6, 6.07) is 11.7. The maximum Gasteiger partial charge on any atom is 0.248 e. The molecule has 7 heteroatoms. The third-order valence-electron chi connectivity index (χ3n) is 2.61. The van der Waals surface area contributed by atoms with Crippen LogP contribution in [-0.4, -0.2) is 11.0 Å². The number of anilines is 2. The smallest absolute Gasteiger partial charge is 0.248 e. The van der Waals surface area contributed by atoms with E-state index in [1.165, 1.54) is 0 Å². The number of benzene rings is 2. The Morgan fingerprint density at radius 1 is 1.05 bits per heavy atom. The van der Waals surface area contributed by atoms with Gasteiger partial charge in [0.25, 0.3) is 0 Å². The van der Waals surface area contributed by atoms with E-state index in [-0.39, 0.29) is 0 Å². The first-order valence-corrected chi connectivity index (χ1v) is 7.05. The van der Waals surface area contributed by atoms with Crippen molar-refractivity contribution in [1.29, 1.82) is 0 Å². The molecule has 0 atom stereocenters. The first kappa shape index (κ1) is 15.6. The molecule has 0 fully saturated rings. The summed E-state index contributed by atoms with van der Waals surface area (Å²) in [6.45, 7) is 0. The van der Waals surface area contributed by atoms with Crippen LogP contribution in [0.1, 0.15) is 10.4 Å². The molecular weight excluding hydrogens is 329 g/mol. The van der Waals surface area contributed by atoms with Crippen LogP contribution in [0.3, 0.4) is 0 Å². The molecule has 4 nitrogen and oxygen atoms in total. The van der Waals surface area contributed by atoms with Crippen LogP contribution in [0.25, 0.3) is 0 Å². The van der Waals surface area contributed by atoms with E-state index in [1.54, 1.807) is 42.5 Å². The second-order valence-corrected chi connectivity index (χ2v) is 5.40. The molecule has 0 saturated heterocycles. The number of halogens is 2.